The zero-order valence-electron chi connectivity index (χ0n) is 10.6. The van der Waals surface area contributed by atoms with Crippen molar-refractivity contribution in [3.8, 4) is 17.2 Å². The first-order chi connectivity index (χ1) is 9.67. The first-order valence-electron chi connectivity index (χ1n) is 5.92. The highest BCUT2D eigenvalue weighted by Gasteiger charge is 2.10. The van der Waals surface area contributed by atoms with Crippen LogP contribution in [0.25, 0.3) is 22.6 Å². The number of ether oxygens (including phenoxy) is 1. The van der Waals surface area contributed by atoms with Crippen molar-refractivity contribution in [3.05, 3.63) is 48.0 Å². The van der Waals surface area contributed by atoms with E-state index in [-0.39, 0.29) is 0 Å². The van der Waals surface area contributed by atoms with Crippen LogP contribution in [-0.2, 0) is 0 Å². The van der Waals surface area contributed by atoms with E-state index in [0.29, 0.717) is 22.6 Å². The number of nitrogens with zero attached hydrogens (tertiary/aromatic N) is 1. The SMILES string of the molecule is COc1ccc(-c2nc3cc(C(=O)Cl)ccc3o2)cc1. The predicted octanol–water partition coefficient (Wildman–Crippen LogP) is 3.88. The van der Waals surface area contributed by atoms with Gasteiger partial charge in [0.2, 0.25) is 5.89 Å². The van der Waals surface area contributed by atoms with E-state index in [4.69, 9.17) is 20.8 Å². The maximum absolute atomic E-state index is 11.1. The Morgan fingerprint density at radius 1 is 1.20 bits per heavy atom. The van der Waals surface area contributed by atoms with E-state index < -0.39 is 5.24 Å². The van der Waals surface area contributed by atoms with E-state index >= 15 is 0 Å². The summed E-state index contributed by atoms with van der Waals surface area (Å²) in [6.45, 7) is 0. The van der Waals surface area contributed by atoms with Crippen LogP contribution in [0, 0.1) is 0 Å². The summed E-state index contributed by atoms with van der Waals surface area (Å²) in [5.74, 6) is 1.25. The zero-order chi connectivity index (χ0) is 14.1. The summed E-state index contributed by atoms with van der Waals surface area (Å²) in [5, 5.41) is -0.513. The molecule has 100 valence electrons. The van der Waals surface area contributed by atoms with Gasteiger partial charge in [-0.1, -0.05) is 0 Å². The second kappa shape index (κ2) is 4.98. The second-order valence-corrected chi connectivity index (χ2v) is 4.55. The number of hydrogen-bond donors (Lipinski definition) is 0. The average molecular weight is 288 g/mol. The van der Waals surface area contributed by atoms with Crippen LogP contribution in [0.2, 0.25) is 0 Å². The molecule has 0 bridgehead atoms. The largest absolute Gasteiger partial charge is 0.497 e. The predicted molar refractivity (Wildman–Crippen MR) is 76.2 cm³/mol. The average Bonchev–Trinajstić information content (AvgIpc) is 2.90. The van der Waals surface area contributed by atoms with Crippen LogP contribution in [0.15, 0.2) is 46.9 Å². The molecule has 3 aromatic rings. The maximum atomic E-state index is 11.1. The molecule has 3 rings (SSSR count). The molecule has 0 amide bonds. The Morgan fingerprint density at radius 2 is 1.95 bits per heavy atom. The third kappa shape index (κ3) is 2.26. The number of benzene rings is 2. The summed E-state index contributed by atoms with van der Waals surface area (Å²) in [5.41, 5.74) is 2.44. The Balaban J connectivity index is 2.05. The molecule has 2 aromatic carbocycles. The zero-order valence-corrected chi connectivity index (χ0v) is 11.3. The van der Waals surface area contributed by atoms with Crippen LogP contribution in [0.5, 0.6) is 5.75 Å². The number of carbonyl (C=O) groups excluding carboxylic acids is 1. The van der Waals surface area contributed by atoms with Gasteiger partial charge in [0, 0.05) is 11.1 Å². The minimum Gasteiger partial charge on any atom is -0.497 e. The molecule has 0 aliphatic rings. The minimum atomic E-state index is -0.513. The van der Waals surface area contributed by atoms with E-state index in [1.165, 1.54) is 0 Å². The molecule has 0 fully saturated rings. The van der Waals surface area contributed by atoms with E-state index in [1.54, 1.807) is 25.3 Å². The molecular formula is C15H10ClNO3. The molecule has 0 aliphatic heterocycles. The number of fused-ring (bicyclic) bond motifs is 1. The van der Waals surface area contributed by atoms with Crippen molar-refractivity contribution in [1.82, 2.24) is 4.98 Å². The molecule has 5 heteroatoms. The molecule has 0 saturated heterocycles. The molecule has 1 heterocycles. The minimum absolute atomic E-state index is 0.397. The second-order valence-electron chi connectivity index (χ2n) is 4.20. The number of hydrogen-bond acceptors (Lipinski definition) is 4. The van der Waals surface area contributed by atoms with Crippen molar-refractivity contribution in [2.45, 2.75) is 0 Å². The third-order valence-corrected chi connectivity index (χ3v) is 3.17. The maximum Gasteiger partial charge on any atom is 0.252 e. The van der Waals surface area contributed by atoms with Gasteiger partial charge in [-0.25, -0.2) is 4.98 Å². The van der Waals surface area contributed by atoms with E-state index in [0.717, 1.165) is 11.3 Å². The van der Waals surface area contributed by atoms with Crippen molar-refractivity contribution in [1.29, 1.82) is 0 Å². The number of rotatable bonds is 3. The standard InChI is InChI=1S/C15H10ClNO3/c1-19-11-5-2-9(3-6-11)15-17-12-8-10(14(16)18)4-7-13(12)20-15/h2-8H,1H3. The smallest absolute Gasteiger partial charge is 0.252 e. The molecular weight excluding hydrogens is 278 g/mol. The Bertz CT molecular complexity index is 777. The van der Waals surface area contributed by atoms with Crippen molar-refractivity contribution in [2.75, 3.05) is 7.11 Å². The summed E-state index contributed by atoms with van der Waals surface area (Å²) in [7, 11) is 1.61. The van der Waals surface area contributed by atoms with Crippen molar-refractivity contribution in [3.63, 3.8) is 0 Å². The molecule has 0 saturated carbocycles. The van der Waals surface area contributed by atoms with Gasteiger partial charge in [-0.05, 0) is 54.1 Å². The summed E-state index contributed by atoms with van der Waals surface area (Å²) < 4.78 is 10.8. The molecule has 20 heavy (non-hydrogen) atoms. The summed E-state index contributed by atoms with van der Waals surface area (Å²) in [6, 6.07) is 12.3. The molecule has 1 aromatic heterocycles. The lowest BCUT2D eigenvalue weighted by Gasteiger charge is -1.99. The van der Waals surface area contributed by atoms with Crippen LogP contribution in [0.3, 0.4) is 0 Å². The van der Waals surface area contributed by atoms with E-state index in [2.05, 4.69) is 4.98 Å². The molecule has 0 N–H and O–H groups in total. The van der Waals surface area contributed by atoms with Crippen molar-refractivity contribution >= 4 is 27.9 Å². The number of methoxy groups -OCH3 is 1. The van der Waals surface area contributed by atoms with E-state index in [9.17, 15) is 4.79 Å². The van der Waals surface area contributed by atoms with Crippen LogP contribution in [0.1, 0.15) is 10.4 Å². The first kappa shape index (κ1) is 12.7. The monoisotopic (exact) mass is 287 g/mol. The van der Waals surface area contributed by atoms with Crippen LogP contribution in [-0.4, -0.2) is 17.3 Å². The Kier molecular flexibility index (Phi) is 3.16. The van der Waals surface area contributed by atoms with Gasteiger partial charge < -0.3 is 9.15 Å². The number of carbonyl (C=O) groups is 1. The van der Waals surface area contributed by atoms with E-state index in [1.807, 2.05) is 24.3 Å². The van der Waals surface area contributed by atoms with Gasteiger partial charge >= 0.3 is 0 Å². The van der Waals surface area contributed by atoms with Crippen molar-refractivity contribution in [2.24, 2.45) is 0 Å². The fourth-order valence-electron chi connectivity index (χ4n) is 1.91. The normalized spacial score (nSPS) is 10.7. The lowest BCUT2D eigenvalue weighted by atomic mass is 10.2. The Morgan fingerprint density at radius 3 is 2.60 bits per heavy atom. The number of aromatic nitrogens is 1. The van der Waals surface area contributed by atoms with Gasteiger partial charge in [-0.3, -0.25) is 4.79 Å². The molecule has 0 atom stereocenters. The van der Waals surface area contributed by atoms with Crippen molar-refractivity contribution < 1.29 is 13.9 Å². The van der Waals surface area contributed by atoms with Gasteiger partial charge in [-0.2, -0.15) is 0 Å². The number of halogens is 1. The van der Waals surface area contributed by atoms with Crippen LogP contribution in [0.4, 0.5) is 0 Å². The summed E-state index contributed by atoms with van der Waals surface area (Å²) >= 11 is 5.45. The Hall–Kier alpha value is -2.33. The quantitative estimate of drug-likeness (QED) is 0.686. The third-order valence-electron chi connectivity index (χ3n) is 2.95. The lowest BCUT2D eigenvalue weighted by molar-refractivity contribution is 0.108. The van der Waals surface area contributed by atoms with Gasteiger partial charge in [-0.15, -0.1) is 0 Å². The molecule has 4 nitrogen and oxygen atoms in total. The lowest BCUT2D eigenvalue weighted by Crippen LogP contribution is -1.87. The highest BCUT2D eigenvalue weighted by Crippen LogP contribution is 2.26. The number of oxazole rings is 1. The topological polar surface area (TPSA) is 52.3 Å². The summed E-state index contributed by atoms with van der Waals surface area (Å²) in [4.78, 5) is 15.5. The molecule has 0 radical (unpaired) electrons. The fraction of sp³-hybridized carbons (Fsp3) is 0.0667. The highest BCUT2D eigenvalue weighted by molar-refractivity contribution is 6.67. The molecule has 0 aliphatic carbocycles. The fourth-order valence-corrected chi connectivity index (χ4v) is 2.02. The summed E-state index contributed by atoms with van der Waals surface area (Å²) in [6.07, 6.45) is 0. The Labute approximate surface area is 119 Å². The van der Waals surface area contributed by atoms with Crippen LogP contribution < -0.4 is 4.74 Å². The first-order valence-corrected chi connectivity index (χ1v) is 6.30. The van der Waals surface area contributed by atoms with Crippen LogP contribution >= 0.6 is 11.6 Å². The molecule has 0 unspecified atom stereocenters. The van der Waals surface area contributed by atoms with Gasteiger partial charge in [0.1, 0.15) is 11.3 Å². The van der Waals surface area contributed by atoms with Gasteiger partial charge in [0.25, 0.3) is 5.24 Å². The molecule has 0 spiro atoms. The van der Waals surface area contributed by atoms with Gasteiger partial charge in [0.15, 0.2) is 5.58 Å². The van der Waals surface area contributed by atoms with Gasteiger partial charge in [0.05, 0.1) is 7.11 Å². The highest BCUT2D eigenvalue weighted by atomic mass is 35.5.